The molecule has 0 aliphatic rings. The first-order valence-electron chi connectivity index (χ1n) is 6.07. The van der Waals surface area contributed by atoms with Gasteiger partial charge in [-0.1, -0.05) is 0 Å². The van der Waals surface area contributed by atoms with Crippen molar-refractivity contribution in [2.45, 2.75) is 13.8 Å². The van der Waals surface area contributed by atoms with Crippen LogP contribution in [0, 0.1) is 6.92 Å². The Hall–Kier alpha value is -2.36. The zero-order chi connectivity index (χ0) is 13.7. The van der Waals surface area contributed by atoms with Crippen LogP contribution in [0.1, 0.15) is 23.0 Å². The highest BCUT2D eigenvalue weighted by Crippen LogP contribution is 2.23. The van der Waals surface area contributed by atoms with Gasteiger partial charge in [0, 0.05) is 6.20 Å². The van der Waals surface area contributed by atoms with Crippen molar-refractivity contribution in [2.24, 2.45) is 0 Å². The Morgan fingerprint density at radius 3 is 2.58 bits per heavy atom. The lowest BCUT2D eigenvalue weighted by atomic mass is 10.2. The van der Waals surface area contributed by atoms with Gasteiger partial charge in [-0.3, -0.25) is 4.98 Å². The maximum Gasteiger partial charge on any atom is 0.338 e. The fourth-order valence-corrected chi connectivity index (χ4v) is 1.58. The lowest BCUT2D eigenvalue weighted by Gasteiger charge is -2.08. The first kappa shape index (κ1) is 13.1. The van der Waals surface area contributed by atoms with E-state index in [9.17, 15) is 4.79 Å². The van der Waals surface area contributed by atoms with E-state index in [1.54, 1.807) is 37.4 Å². The van der Waals surface area contributed by atoms with Gasteiger partial charge >= 0.3 is 5.97 Å². The van der Waals surface area contributed by atoms with Crippen molar-refractivity contribution in [1.29, 1.82) is 0 Å². The quantitative estimate of drug-likeness (QED) is 0.788. The standard InChI is InChI=1S/C15H15NO3/c1-3-18-15(17)12-6-8-13(9-7-12)19-14-5-4-10-16-11(14)2/h4-10H,3H2,1-2H3. The molecule has 98 valence electrons. The molecule has 1 heterocycles. The molecule has 0 amide bonds. The van der Waals surface area contributed by atoms with Crippen LogP contribution in [0.4, 0.5) is 0 Å². The molecule has 2 aromatic rings. The summed E-state index contributed by atoms with van der Waals surface area (Å²) >= 11 is 0. The fourth-order valence-electron chi connectivity index (χ4n) is 1.58. The fraction of sp³-hybridized carbons (Fsp3) is 0.200. The number of hydrogen-bond donors (Lipinski definition) is 0. The van der Waals surface area contributed by atoms with Crippen LogP contribution in [0.15, 0.2) is 42.6 Å². The van der Waals surface area contributed by atoms with Gasteiger partial charge in [0.05, 0.1) is 17.9 Å². The normalized spacial score (nSPS) is 10.0. The Morgan fingerprint density at radius 2 is 1.95 bits per heavy atom. The average molecular weight is 257 g/mol. The molecular formula is C15H15NO3. The molecule has 4 nitrogen and oxygen atoms in total. The monoisotopic (exact) mass is 257 g/mol. The summed E-state index contributed by atoms with van der Waals surface area (Å²) in [6.07, 6.45) is 1.71. The minimum atomic E-state index is -0.327. The molecule has 0 radical (unpaired) electrons. The van der Waals surface area contributed by atoms with E-state index in [0.29, 0.717) is 23.7 Å². The third-order valence-electron chi connectivity index (χ3n) is 2.55. The van der Waals surface area contributed by atoms with Gasteiger partial charge < -0.3 is 9.47 Å². The Kier molecular flexibility index (Phi) is 4.13. The zero-order valence-corrected chi connectivity index (χ0v) is 10.9. The van der Waals surface area contributed by atoms with Gasteiger partial charge in [-0.05, 0) is 50.2 Å². The van der Waals surface area contributed by atoms with Gasteiger partial charge in [0.25, 0.3) is 0 Å². The Balaban J connectivity index is 2.11. The van der Waals surface area contributed by atoms with E-state index >= 15 is 0 Å². The molecule has 0 atom stereocenters. The average Bonchev–Trinajstić information content (AvgIpc) is 2.42. The van der Waals surface area contributed by atoms with Crippen LogP contribution in [0.5, 0.6) is 11.5 Å². The van der Waals surface area contributed by atoms with Crippen LogP contribution in [0.25, 0.3) is 0 Å². The molecule has 2 rings (SSSR count). The number of pyridine rings is 1. The topological polar surface area (TPSA) is 48.4 Å². The smallest absolute Gasteiger partial charge is 0.338 e. The molecule has 19 heavy (non-hydrogen) atoms. The number of ether oxygens (including phenoxy) is 2. The van der Waals surface area contributed by atoms with Crippen molar-refractivity contribution < 1.29 is 14.3 Å². The molecule has 0 spiro atoms. The first-order valence-corrected chi connectivity index (χ1v) is 6.07. The number of hydrogen-bond acceptors (Lipinski definition) is 4. The molecule has 4 heteroatoms. The lowest BCUT2D eigenvalue weighted by Crippen LogP contribution is -2.04. The largest absolute Gasteiger partial charge is 0.462 e. The summed E-state index contributed by atoms with van der Waals surface area (Å²) in [6, 6.07) is 10.5. The highest BCUT2D eigenvalue weighted by Gasteiger charge is 2.07. The maximum atomic E-state index is 11.5. The summed E-state index contributed by atoms with van der Waals surface area (Å²) in [5.74, 6) is 1.03. The van der Waals surface area contributed by atoms with E-state index in [1.807, 2.05) is 19.1 Å². The number of nitrogens with zero attached hydrogens (tertiary/aromatic N) is 1. The van der Waals surface area contributed by atoms with Crippen molar-refractivity contribution in [3.8, 4) is 11.5 Å². The van der Waals surface area contributed by atoms with Crippen molar-refractivity contribution in [2.75, 3.05) is 6.61 Å². The molecule has 1 aromatic carbocycles. The lowest BCUT2D eigenvalue weighted by molar-refractivity contribution is 0.0526. The van der Waals surface area contributed by atoms with Crippen LogP contribution in [-0.4, -0.2) is 17.6 Å². The molecule has 0 saturated carbocycles. The summed E-state index contributed by atoms with van der Waals surface area (Å²) < 4.78 is 10.6. The molecule has 1 aromatic heterocycles. The summed E-state index contributed by atoms with van der Waals surface area (Å²) in [5, 5.41) is 0. The molecule has 0 bridgehead atoms. The SMILES string of the molecule is CCOC(=O)c1ccc(Oc2cccnc2C)cc1. The predicted molar refractivity (Wildman–Crippen MR) is 71.4 cm³/mol. The van der Waals surface area contributed by atoms with Crippen molar-refractivity contribution >= 4 is 5.97 Å². The van der Waals surface area contributed by atoms with Gasteiger partial charge in [-0.2, -0.15) is 0 Å². The Labute approximate surface area is 112 Å². The van der Waals surface area contributed by atoms with E-state index in [2.05, 4.69) is 4.98 Å². The van der Waals surface area contributed by atoms with Crippen molar-refractivity contribution in [1.82, 2.24) is 4.98 Å². The Bertz CT molecular complexity index is 564. The van der Waals surface area contributed by atoms with Crippen LogP contribution >= 0.6 is 0 Å². The van der Waals surface area contributed by atoms with Gasteiger partial charge in [0.2, 0.25) is 0 Å². The number of rotatable bonds is 4. The number of aryl methyl sites for hydroxylation is 1. The minimum Gasteiger partial charge on any atom is -0.462 e. The second-order valence-corrected chi connectivity index (χ2v) is 3.93. The van der Waals surface area contributed by atoms with E-state index in [0.717, 1.165) is 5.69 Å². The van der Waals surface area contributed by atoms with Gasteiger partial charge in [0.1, 0.15) is 11.5 Å². The first-order chi connectivity index (χ1) is 9.20. The third-order valence-corrected chi connectivity index (χ3v) is 2.55. The number of benzene rings is 1. The van der Waals surface area contributed by atoms with Crippen molar-refractivity contribution in [3.05, 3.63) is 53.9 Å². The Morgan fingerprint density at radius 1 is 1.21 bits per heavy atom. The van der Waals surface area contributed by atoms with E-state index in [-0.39, 0.29) is 5.97 Å². The zero-order valence-electron chi connectivity index (χ0n) is 10.9. The van der Waals surface area contributed by atoms with Crippen molar-refractivity contribution in [3.63, 3.8) is 0 Å². The second-order valence-electron chi connectivity index (χ2n) is 3.93. The van der Waals surface area contributed by atoms with Crippen LogP contribution in [-0.2, 0) is 4.74 Å². The highest BCUT2D eigenvalue weighted by atomic mass is 16.5. The molecule has 0 aliphatic carbocycles. The third kappa shape index (κ3) is 3.31. The van der Waals surface area contributed by atoms with Crippen LogP contribution in [0.2, 0.25) is 0 Å². The maximum absolute atomic E-state index is 11.5. The number of esters is 1. The van der Waals surface area contributed by atoms with Gasteiger partial charge in [-0.15, -0.1) is 0 Å². The highest BCUT2D eigenvalue weighted by molar-refractivity contribution is 5.89. The van der Waals surface area contributed by atoms with Gasteiger partial charge in [0.15, 0.2) is 0 Å². The summed E-state index contributed by atoms with van der Waals surface area (Å²) in [6.45, 7) is 4.02. The number of aromatic nitrogens is 1. The molecule has 0 fully saturated rings. The predicted octanol–water partition coefficient (Wildman–Crippen LogP) is 3.36. The van der Waals surface area contributed by atoms with Crippen LogP contribution in [0.3, 0.4) is 0 Å². The molecule has 0 saturated heterocycles. The second kappa shape index (κ2) is 6.00. The summed E-state index contributed by atoms with van der Waals surface area (Å²) in [5.41, 5.74) is 1.33. The molecule has 0 N–H and O–H groups in total. The van der Waals surface area contributed by atoms with Crippen LogP contribution < -0.4 is 4.74 Å². The number of carbonyl (C=O) groups excluding carboxylic acids is 1. The summed E-state index contributed by atoms with van der Waals surface area (Å²) in [4.78, 5) is 15.6. The summed E-state index contributed by atoms with van der Waals surface area (Å²) in [7, 11) is 0. The molecular weight excluding hydrogens is 242 g/mol. The van der Waals surface area contributed by atoms with E-state index < -0.39 is 0 Å². The molecule has 0 aliphatic heterocycles. The number of carbonyl (C=O) groups is 1. The molecule has 0 unspecified atom stereocenters. The van der Waals surface area contributed by atoms with Gasteiger partial charge in [-0.25, -0.2) is 4.79 Å². The van der Waals surface area contributed by atoms with E-state index in [4.69, 9.17) is 9.47 Å². The minimum absolute atomic E-state index is 0.327. The van der Waals surface area contributed by atoms with E-state index in [1.165, 1.54) is 0 Å².